The number of quaternary nitrogens is 1. The second-order valence-corrected chi connectivity index (χ2v) is 7.33. The molecule has 4 N–H and O–H groups in total. The highest BCUT2D eigenvalue weighted by Gasteiger charge is 2.30. The molecular weight excluding hydrogens is 395 g/mol. The standard InChI is InChI=1S/C25H25FN2O3/c1-3-31-23-12-6-11-20(24(23)29)22-15-21(16-7-5-10-19(14-16)30-2)27-25(28-22)17-8-4-9-18(26)13-17/h4-15,22,25,27-29H,3H2,1-2H3/p+1. The van der Waals surface area contributed by atoms with Gasteiger partial charge in [-0.05, 0) is 43.3 Å². The van der Waals surface area contributed by atoms with Crippen LogP contribution in [-0.2, 0) is 0 Å². The molecular formula is C25H26FN2O3+. The van der Waals surface area contributed by atoms with Crippen LogP contribution in [0.3, 0.4) is 0 Å². The first-order valence-corrected chi connectivity index (χ1v) is 10.3. The fraction of sp³-hybridized carbons (Fsp3) is 0.200. The quantitative estimate of drug-likeness (QED) is 0.565. The molecule has 1 heterocycles. The molecule has 0 aromatic heterocycles. The summed E-state index contributed by atoms with van der Waals surface area (Å²) < 4.78 is 24.9. The van der Waals surface area contributed by atoms with Crippen molar-refractivity contribution >= 4 is 5.70 Å². The number of ether oxygens (including phenoxy) is 2. The first kappa shape index (κ1) is 20.8. The predicted octanol–water partition coefficient (Wildman–Crippen LogP) is 3.89. The lowest BCUT2D eigenvalue weighted by Gasteiger charge is -2.30. The molecule has 3 aromatic rings. The van der Waals surface area contributed by atoms with Crippen molar-refractivity contribution in [3.8, 4) is 17.2 Å². The molecule has 0 bridgehead atoms. The lowest BCUT2D eigenvalue weighted by Crippen LogP contribution is -2.89. The van der Waals surface area contributed by atoms with Crippen LogP contribution in [0.5, 0.6) is 17.2 Å². The van der Waals surface area contributed by atoms with Crippen LogP contribution in [0.2, 0.25) is 0 Å². The Balaban J connectivity index is 1.78. The van der Waals surface area contributed by atoms with Crippen LogP contribution < -0.4 is 20.1 Å². The number of phenolic OH excluding ortho intramolecular Hbond substituents is 1. The SMILES string of the molecule is CCOc1cccc(C2C=C(c3cccc(OC)c3)NC(c3cccc(F)c3)[NH2+]2)c1O. The van der Waals surface area contributed by atoms with E-state index in [0.29, 0.717) is 12.4 Å². The van der Waals surface area contributed by atoms with E-state index in [-0.39, 0.29) is 23.8 Å². The number of para-hydroxylation sites is 1. The fourth-order valence-electron chi connectivity index (χ4n) is 3.84. The summed E-state index contributed by atoms with van der Waals surface area (Å²) in [6.45, 7) is 2.34. The number of phenols is 1. The Hall–Kier alpha value is -3.51. The summed E-state index contributed by atoms with van der Waals surface area (Å²) in [5.41, 5.74) is 3.36. The minimum atomic E-state index is -0.289. The Bertz CT molecular complexity index is 1100. The number of rotatable bonds is 6. The molecule has 6 heteroatoms. The number of benzene rings is 3. The first-order valence-electron chi connectivity index (χ1n) is 10.3. The maximum Gasteiger partial charge on any atom is 0.186 e. The molecule has 3 aromatic carbocycles. The first-order chi connectivity index (χ1) is 15.1. The lowest BCUT2D eigenvalue weighted by molar-refractivity contribution is -0.731. The van der Waals surface area contributed by atoms with Crippen LogP contribution in [0.1, 0.15) is 35.8 Å². The van der Waals surface area contributed by atoms with Crippen molar-refractivity contribution in [3.05, 3.63) is 95.3 Å². The van der Waals surface area contributed by atoms with Crippen LogP contribution in [0.4, 0.5) is 4.39 Å². The van der Waals surface area contributed by atoms with E-state index in [1.54, 1.807) is 19.2 Å². The number of hydrogen-bond acceptors (Lipinski definition) is 4. The van der Waals surface area contributed by atoms with Crippen molar-refractivity contribution in [3.63, 3.8) is 0 Å². The Morgan fingerprint density at radius 2 is 1.87 bits per heavy atom. The van der Waals surface area contributed by atoms with Gasteiger partial charge in [0.25, 0.3) is 0 Å². The molecule has 31 heavy (non-hydrogen) atoms. The molecule has 0 saturated carbocycles. The van der Waals surface area contributed by atoms with Crippen molar-refractivity contribution in [2.45, 2.75) is 19.1 Å². The topological polar surface area (TPSA) is 67.3 Å². The van der Waals surface area contributed by atoms with Gasteiger partial charge in [0.2, 0.25) is 0 Å². The van der Waals surface area contributed by atoms with E-state index >= 15 is 0 Å². The van der Waals surface area contributed by atoms with Gasteiger partial charge < -0.3 is 25.2 Å². The molecule has 0 amide bonds. The summed E-state index contributed by atoms with van der Waals surface area (Å²) in [6, 6.07) is 19.6. The normalized spacial score (nSPS) is 18.1. The van der Waals surface area contributed by atoms with Gasteiger partial charge in [-0.2, -0.15) is 0 Å². The van der Waals surface area contributed by atoms with Crippen LogP contribution in [-0.4, -0.2) is 18.8 Å². The summed E-state index contributed by atoms with van der Waals surface area (Å²) in [4.78, 5) is 0. The Kier molecular flexibility index (Phi) is 6.09. The molecule has 2 unspecified atom stereocenters. The van der Waals surface area contributed by atoms with Gasteiger partial charge in [0, 0.05) is 22.9 Å². The van der Waals surface area contributed by atoms with Gasteiger partial charge in [-0.1, -0.05) is 30.3 Å². The largest absolute Gasteiger partial charge is 0.504 e. The van der Waals surface area contributed by atoms with Crippen LogP contribution in [0.15, 0.2) is 72.8 Å². The zero-order valence-corrected chi connectivity index (χ0v) is 17.5. The van der Waals surface area contributed by atoms with E-state index in [2.05, 4.69) is 16.7 Å². The molecule has 1 aliphatic heterocycles. The van der Waals surface area contributed by atoms with E-state index in [9.17, 15) is 9.50 Å². The number of nitrogens with one attached hydrogen (secondary N) is 1. The van der Waals surface area contributed by atoms with Crippen LogP contribution in [0, 0.1) is 5.82 Å². The van der Waals surface area contributed by atoms with Crippen molar-refractivity contribution < 1.29 is 24.3 Å². The van der Waals surface area contributed by atoms with Crippen molar-refractivity contribution in [2.75, 3.05) is 13.7 Å². The Morgan fingerprint density at radius 3 is 2.65 bits per heavy atom. The van der Waals surface area contributed by atoms with Gasteiger partial charge in [0.1, 0.15) is 17.6 Å². The second kappa shape index (κ2) is 9.10. The van der Waals surface area contributed by atoms with E-state index in [1.807, 2.05) is 49.4 Å². The maximum atomic E-state index is 13.9. The summed E-state index contributed by atoms with van der Waals surface area (Å²) >= 11 is 0. The van der Waals surface area contributed by atoms with Crippen LogP contribution >= 0.6 is 0 Å². The van der Waals surface area contributed by atoms with Gasteiger partial charge in [0.15, 0.2) is 17.7 Å². The summed E-state index contributed by atoms with van der Waals surface area (Å²) in [6.07, 6.45) is 1.80. The molecule has 0 aliphatic carbocycles. The second-order valence-electron chi connectivity index (χ2n) is 7.33. The number of hydrogen-bond donors (Lipinski definition) is 3. The summed E-state index contributed by atoms with van der Waals surface area (Å²) in [5.74, 6) is 1.02. The molecule has 4 rings (SSSR count). The van der Waals surface area contributed by atoms with E-state index in [0.717, 1.165) is 28.1 Å². The predicted molar refractivity (Wildman–Crippen MR) is 117 cm³/mol. The molecule has 0 saturated heterocycles. The molecule has 0 spiro atoms. The highest BCUT2D eigenvalue weighted by molar-refractivity contribution is 5.67. The zero-order valence-electron chi connectivity index (χ0n) is 17.5. The van der Waals surface area contributed by atoms with Gasteiger partial charge in [-0.15, -0.1) is 0 Å². The van der Waals surface area contributed by atoms with E-state index < -0.39 is 0 Å². The van der Waals surface area contributed by atoms with Gasteiger partial charge in [-0.25, -0.2) is 4.39 Å². The minimum absolute atomic E-state index is 0.117. The summed E-state index contributed by atoms with van der Waals surface area (Å²) in [7, 11) is 1.63. The molecule has 2 atom stereocenters. The zero-order chi connectivity index (χ0) is 21.8. The maximum absolute atomic E-state index is 13.9. The average molecular weight is 421 g/mol. The van der Waals surface area contributed by atoms with Crippen LogP contribution in [0.25, 0.3) is 5.70 Å². The monoisotopic (exact) mass is 421 g/mol. The third-order valence-corrected chi connectivity index (χ3v) is 5.33. The van der Waals surface area contributed by atoms with Crippen molar-refractivity contribution in [1.82, 2.24) is 5.32 Å². The number of nitrogens with two attached hydrogens (primary N) is 1. The van der Waals surface area contributed by atoms with Gasteiger partial charge in [0.05, 0.1) is 19.3 Å². The smallest absolute Gasteiger partial charge is 0.186 e. The number of aromatic hydroxyl groups is 1. The molecule has 160 valence electrons. The number of halogens is 1. The fourth-order valence-corrected chi connectivity index (χ4v) is 3.84. The van der Waals surface area contributed by atoms with E-state index in [1.165, 1.54) is 12.1 Å². The third kappa shape index (κ3) is 4.49. The lowest BCUT2D eigenvalue weighted by atomic mass is 9.97. The minimum Gasteiger partial charge on any atom is -0.504 e. The summed E-state index contributed by atoms with van der Waals surface area (Å²) in [5, 5.41) is 16.4. The highest BCUT2D eigenvalue weighted by Crippen LogP contribution is 2.35. The van der Waals surface area contributed by atoms with Gasteiger partial charge >= 0.3 is 0 Å². The van der Waals surface area contributed by atoms with Crippen molar-refractivity contribution in [1.29, 1.82) is 0 Å². The Morgan fingerprint density at radius 1 is 1.06 bits per heavy atom. The molecule has 5 nitrogen and oxygen atoms in total. The number of methoxy groups -OCH3 is 1. The van der Waals surface area contributed by atoms with Gasteiger partial charge in [-0.3, -0.25) is 0 Å². The molecule has 0 fully saturated rings. The molecule has 0 radical (unpaired) electrons. The Labute approximate surface area is 181 Å². The average Bonchev–Trinajstić information content (AvgIpc) is 2.80. The molecule has 1 aliphatic rings. The third-order valence-electron chi connectivity index (χ3n) is 5.33. The van der Waals surface area contributed by atoms with Crippen molar-refractivity contribution in [2.24, 2.45) is 0 Å². The highest BCUT2D eigenvalue weighted by atomic mass is 19.1. The van der Waals surface area contributed by atoms with E-state index in [4.69, 9.17) is 9.47 Å².